The number of hydrogen-bond acceptors (Lipinski definition) is 4. The van der Waals surface area contributed by atoms with Crippen LogP contribution in [0, 0.1) is 11.3 Å². The zero-order chi connectivity index (χ0) is 11.5. The molecule has 0 fully saturated rings. The summed E-state index contributed by atoms with van der Waals surface area (Å²) in [7, 11) is 0. The number of nitrogens with zero attached hydrogens (tertiary/aromatic N) is 1. The van der Waals surface area contributed by atoms with Crippen molar-refractivity contribution in [2.24, 2.45) is 0 Å². The number of nitrogens with one attached hydrogen (secondary N) is 1. The Morgan fingerprint density at radius 2 is 2.00 bits per heavy atom. The fourth-order valence-corrected chi connectivity index (χ4v) is 1.47. The van der Waals surface area contributed by atoms with Gasteiger partial charge in [0, 0.05) is 19.1 Å². The predicted molar refractivity (Wildman–Crippen MR) is 56.5 cm³/mol. The van der Waals surface area contributed by atoms with Crippen LogP contribution >= 0.6 is 0 Å². The average Bonchev–Trinajstić information content (AvgIpc) is 2.27. The number of nitriles is 1. The summed E-state index contributed by atoms with van der Waals surface area (Å²) < 4.78 is 10.7. The molecule has 1 N–H and O–H groups in total. The molecule has 0 unspecified atom stereocenters. The summed E-state index contributed by atoms with van der Waals surface area (Å²) in [5.74, 6) is 0.860. The van der Waals surface area contributed by atoms with Crippen LogP contribution in [0.25, 0.3) is 0 Å². The lowest BCUT2D eigenvalue weighted by Gasteiger charge is -2.19. The lowest BCUT2D eigenvalue weighted by atomic mass is 10.1. The van der Waals surface area contributed by atoms with Gasteiger partial charge in [0.15, 0.2) is 11.5 Å². The molecule has 0 saturated heterocycles. The smallest absolute Gasteiger partial charge is 0.221 e. The van der Waals surface area contributed by atoms with Gasteiger partial charge in [-0.2, -0.15) is 5.26 Å². The molecular weight excluding hydrogens is 208 g/mol. The largest absolute Gasteiger partial charge is 0.486 e. The van der Waals surface area contributed by atoms with Gasteiger partial charge in [-0.1, -0.05) is 0 Å². The van der Waals surface area contributed by atoms with Gasteiger partial charge in [-0.05, 0) is 0 Å². The van der Waals surface area contributed by atoms with Crippen LogP contribution in [-0.2, 0) is 4.79 Å². The molecule has 1 aliphatic rings. The van der Waals surface area contributed by atoms with Crippen LogP contribution in [0.4, 0.5) is 5.69 Å². The van der Waals surface area contributed by atoms with Gasteiger partial charge in [0.25, 0.3) is 0 Å². The Balaban J connectivity index is 2.44. The van der Waals surface area contributed by atoms with E-state index in [4.69, 9.17) is 14.7 Å². The van der Waals surface area contributed by atoms with E-state index in [1.165, 1.54) is 6.92 Å². The fraction of sp³-hybridized carbons (Fsp3) is 0.273. The van der Waals surface area contributed by atoms with Crippen LogP contribution in [0.2, 0.25) is 0 Å². The maximum atomic E-state index is 11.0. The molecule has 1 amide bonds. The average molecular weight is 218 g/mol. The first kappa shape index (κ1) is 10.3. The van der Waals surface area contributed by atoms with Crippen LogP contribution in [0.15, 0.2) is 12.1 Å². The number of carbonyl (C=O) groups is 1. The number of ether oxygens (including phenoxy) is 2. The van der Waals surface area contributed by atoms with Crippen molar-refractivity contribution in [3.63, 3.8) is 0 Å². The number of carbonyl (C=O) groups excluding carboxylic acids is 1. The third-order valence-electron chi connectivity index (χ3n) is 2.11. The van der Waals surface area contributed by atoms with Crippen molar-refractivity contribution in [1.82, 2.24) is 0 Å². The first-order valence-corrected chi connectivity index (χ1v) is 4.82. The molecule has 1 aromatic rings. The third kappa shape index (κ3) is 1.91. The molecule has 0 aromatic heterocycles. The van der Waals surface area contributed by atoms with E-state index in [1.807, 2.05) is 6.07 Å². The highest BCUT2D eigenvalue weighted by Gasteiger charge is 2.16. The Hall–Kier alpha value is -2.22. The predicted octanol–water partition coefficient (Wildman–Crippen LogP) is 1.29. The fourth-order valence-electron chi connectivity index (χ4n) is 1.47. The van der Waals surface area contributed by atoms with Crippen LogP contribution < -0.4 is 14.8 Å². The van der Waals surface area contributed by atoms with Crippen molar-refractivity contribution >= 4 is 11.6 Å². The molecule has 5 nitrogen and oxygen atoms in total. The molecule has 5 heteroatoms. The molecule has 16 heavy (non-hydrogen) atoms. The van der Waals surface area contributed by atoms with Crippen LogP contribution in [0.5, 0.6) is 11.5 Å². The van der Waals surface area contributed by atoms with Crippen molar-refractivity contribution in [3.8, 4) is 17.6 Å². The van der Waals surface area contributed by atoms with E-state index < -0.39 is 0 Å². The Morgan fingerprint density at radius 3 is 2.56 bits per heavy atom. The maximum Gasteiger partial charge on any atom is 0.221 e. The first-order chi connectivity index (χ1) is 7.70. The zero-order valence-corrected chi connectivity index (χ0v) is 8.74. The summed E-state index contributed by atoms with van der Waals surface area (Å²) in [5, 5.41) is 11.5. The monoisotopic (exact) mass is 218 g/mol. The van der Waals surface area contributed by atoms with Crippen molar-refractivity contribution < 1.29 is 14.3 Å². The van der Waals surface area contributed by atoms with Crippen molar-refractivity contribution in [1.29, 1.82) is 5.26 Å². The number of benzene rings is 1. The molecule has 1 aliphatic heterocycles. The van der Waals surface area contributed by atoms with E-state index in [2.05, 4.69) is 5.32 Å². The summed E-state index contributed by atoms with van der Waals surface area (Å²) in [6.45, 7) is 2.33. The van der Waals surface area contributed by atoms with E-state index >= 15 is 0 Å². The first-order valence-electron chi connectivity index (χ1n) is 4.82. The van der Waals surface area contributed by atoms with E-state index in [1.54, 1.807) is 12.1 Å². The molecular formula is C11H10N2O3. The van der Waals surface area contributed by atoms with Gasteiger partial charge in [-0.15, -0.1) is 0 Å². The van der Waals surface area contributed by atoms with Gasteiger partial charge in [-0.25, -0.2) is 0 Å². The van der Waals surface area contributed by atoms with Crippen molar-refractivity contribution in [2.75, 3.05) is 18.5 Å². The Bertz CT molecular complexity index is 477. The highest BCUT2D eigenvalue weighted by atomic mass is 16.6. The molecule has 0 aliphatic carbocycles. The van der Waals surface area contributed by atoms with E-state index in [-0.39, 0.29) is 5.91 Å². The molecule has 1 aromatic carbocycles. The SMILES string of the molecule is CC(=O)Nc1cc2c(cc1C#N)OCCO2. The van der Waals surface area contributed by atoms with E-state index in [0.717, 1.165) is 0 Å². The Labute approximate surface area is 92.6 Å². The van der Waals surface area contributed by atoms with Crippen LogP contribution in [-0.4, -0.2) is 19.1 Å². The molecule has 0 bridgehead atoms. The molecule has 0 saturated carbocycles. The second-order valence-corrected chi connectivity index (χ2v) is 3.33. The summed E-state index contributed by atoms with van der Waals surface area (Å²) in [4.78, 5) is 11.0. The minimum absolute atomic E-state index is 0.229. The maximum absolute atomic E-state index is 11.0. The van der Waals surface area contributed by atoms with Gasteiger partial charge in [0.1, 0.15) is 19.3 Å². The molecule has 2 rings (SSSR count). The molecule has 1 heterocycles. The minimum atomic E-state index is -0.229. The zero-order valence-electron chi connectivity index (χ0n) is 8.74. The number of fused-ring (bicyclic) bond motifs is 1. The normalized spacial score (nSPS) is 12.8. The number of anilines is 1. The summed E-state index contributed by atoms with van der Waals surface area (Å²) in [6.07, 6.45) is 0. The number of hydrogen-bond donors (Lipinski definition) is 1. The second-order valence-electron chi connectivity index (χ2n) is 3.33. The molecule has 0 radical (unpaired) electrons. The lowest BCUT2D eigenvalue weighted by Crippen LogP contribution is -2.16. The van der Waals surface area contributed by atoms with E-state index in [9.17, 15) is 4.79 Å². The van der Waals surface area contributed by atoms with Crippen LogP contribution in [0.3, 0.4) is 0 Å². The highest BCUT2D eigenvalue weighted by molar-refractivity contribution is 5.90. The molecule has 0 atom stereocenters. The highest BCUT2D eigenvalue weighted by Crippen LogP contribution is 2.35. The summed E-state index contributed by atoms with van der Waals surface area (Å²) in [6, 6.07) is 5.18. The summed E-state index contributed by atoms with van der Waals surface area (Å²) >= 11 is 0. The van der Waals surface area contributed by atoms with Crippen molar-refractivity contribution in [2.45, 2.75) is 6.92 Å². The molecule has 0 spiro atoms. The van der Waals surface area contributed by atoms with Gasteiger partial charge in [-0.3, -0.25) is 4.79 Å². The van der Waals surface area contributed by atoms with Gasteiger partial charge in [0.05, 0.1) is 11.3 Å². The Kier molecular flexibility index (Phi) is 2.64. The van der Waals surface area contributed by atoms with Gasteiger partial charge in [0.2, 0.25) is 5.91 Å². The van der Waals surface area contributed by atoms with Gasteiger partial charge < -0.3 is 14.8 Å². The molecule has 82 valence electrons. The van der Waals surface area contributed by atoms with Crippen molar-refractivity contribution in [3.05, 3.63) is 17.7 Å². The van der Waals surface area contributed by atoms with Crippen LogP contribution in [0.1, 0.15) is 12.5 Å². The third-order valence-corrected chi connectivity index (χ3v) is 2.11. The number of rotatable bonds is 1. The number of amides is 1. The minimum Gasteiger partial charge on any atom is -0.486 e. The topological polar surface area (TPSA) is 71.4 Å². The van der Waals surface area contributed by atoms with E-state index in [0.29, 0.717) is 36.0 Å². The lowest BCUT2D eigenvalue weighted by molar-refractivity contribution is -0.114. The Morgan fingerprint density at radius 1 is 1.38 bits per heavy atom. The standard InChI is InChI=1S/C11H10N2O3/c1-7(14)13-9-5-11-10(4-8(9)6-12)15-2-3-16-11/h4-5H,2-3H2,1H3,(H,13,14). The quantitative estimate of drug-likeness (QED) is 0.770. The van der Waals surface area contributed by atoms with Gasteiger partial charge >= 0.3 is 0 Å². The summed E-state index contributed by atoms with van der Waals surface area (Å²) in [5.41, 5.74) is 0.804. The second kappa shape index (κ2) is 4.11.